The van der Waals surface area contributed by atoms with Crippen molar-refractivity contribution in [3.05, 3.63) is 35.7 Å². The Morgan fingerprint density at radius 2 is 1.95 bits per heavy atom. The highest BCUT2D eigenvalue weighted by molar-refractivity contribution is 5.31. The monoisotopic (exact) mass is 303 g/mol. The van der Waals surface area contributed by atoms with E-state index in [-0.39, 0.29) is 6.61 Å². The largest absolute Gasteiger partial charge is 0.497 e. The molecule has 0 radical (unpaired) electrons. The molecule has 0 spiro atoms. The highest BCUT2D eigenvalue weighted by atomic mass is 16.5. The molecule has 6 heteroatoms. The minimum absolute atomic E-state index is 0.0504. The number of ether oxygens (including phenoxy) is 2. The Balaban J connectivity index is 1.60. The number of methoxy groups -OCH3 is 1. The lowest BCUT2D eigenvalue weighted by atomic mass is 9.82. The molecule has 1 aromatic heterocycles. The van der Waals surface area contributed by atoms with Crippen LogP contribution in [0.3, 0.4) is 0 Å². The summed E-state index contributed by atoms with van der Waals surface area (Å²) in [6.07, 6.45) is 3.54. The molecule has 0 amide bonds. The Bertz CT molecular complexity index is 606. The standard InChI is InChI=1S/C16H21N3O3/c1-21-13-5-7-14(8-6-13)22-10-9-19-16(12-3-2-4-12)15(11-20)17-18-19/h5-8,12,20H,2-4,9-11H2,1H3. The summed E-state index contributed by atoms with van der Waals surface area (Å²) in [5.74, 6) is 2.09. The molecule has 1 fully saturated rings. The average molecular weight is 303 g/mol. The van der Waals surface area contributed by atoms with Crippen LogP contribution in [0.2, 0.25) is 0 Å². The first kappa shape index (κ1) is 14.8. The van der Waals surface area contributed by atoms with Crippen molar-refractivity contribution in [2.24, 2.45) is 0 Å². The maximum atomic E-state index is 9.39. The third-order valence-corrected chi connectivity index (χ3v) is 4.12. The predicted molar refractivity (Wildman–Crippen MR) is 81.0 cm³/mol. The normalized spacial score (nSPS) is 14.6. The van der Waals surface area contributed by atoms with Gasteiger partial charge < -0.3 is 14.6 Å². The minimum Gasteiger partial charge on any atom is -0.497 e. The summed E-state index contributed by atoms with van der Waals surface area (Å²) in [7, 11) is 1.64. The van der Waals surface area contributed by atoms with Crippen molar-refractivity contribution in [3.63, 3.8) is 0 Å². The van der Waals surface area contributed by atoms with Crippen LogP contribution in [0.4, 0.5) is 0 Å². The fourth-order valence-corrected chi connectivity index (χ4v) is 2.68. The first-order valence-electron chi connectivity index (χ1n) is 7.61. The van der Waals surface area contributed by atoms with Crippen molar-refractivity contribution in [1.82, 2.24) is 15.0 Å². The van der Waals surface area contributed by atoms with Gasteiger partial charge in [-0.25, -0.2) is 4.68 Å². The van der Waals surface area contributed by atoms with E-state index >= 15 is 0 Å². The van der Waals surface area contributed by atoms with Crippen molar-refractivity contribution in [1.29, 1.82) is 0 Å². The van der Waals surface area contributed by atoms with E-state index in [4.69, 9.17) is 9.47 Å². The summed E-state index contributed by atoms with van der Waals surface area (Å²) < 4.78 is 12.7. The molecule has 1 saturated carbocycles. The Morgan fingerprint density at radius 3 is 2.55 bits per heavy atom. The van der Waals surface area contributed by atoms with E-state index in [0.29, 0.717) is 24.8 Å². The molecule has 0 aliphatic heterocycles. The second kappa shape index (κ2) is 6.79. The van der Waals surface area contributed by atoms with E-state index < -0.39 is 0 Å². The lowest BCUT2D eigenvalue weighted by Crippen LogP contribution is -2.19. The van der Waals surface area contributed by atoms with Gasteiger partial charge >= 0.3 is 0 Å². The van der Waals surface area contributed by atoms with Crippen LogP contribution in [0.25, 0.3) is 0 Å². The van der Waals surface area contributed by atoms with Crippen LogP contribution in [-0.4, -0.2) is 33.8 Å². The van der Waals surface area contributed by atoms with E-state index in [1.165, 1.54) is 6.42 Å². The quantitative estimate of drug-likeness (QED) is 0.848. The van der Waals surface area contributed by atoms with Gasteiger partial charge in [0.1, 0.15) is 23.8 Å². The molecule has 1 aromatic carbocycles. The molecular weight excluding hydrogens is 282 g/mol. The van der Waals surface area contributed by atoms with Gasteiger partial charge in [0.15, 0.2) is 0 Å². The summed E-state index contributed by atoms with van der Waals surface area (Å²) in [4.78, 5) is 0. The average Bonchev–Trinajstić information content (AvgIpc) is 2.89. The van der Waals surface area contributed by atoms with Crippen LogP contribution < -0.4 is 9.47 Å². The Labute approximate surface area is 129 Å². The molecule has 1 aliphatic carbocycles. The van der Waals surface area contributed by atoms with Gasteiger partial charge in [-0.3, -0.25) is 0 Å². The van der Waals surface area contributed by atoms with Crippen LogP contribution in [0.1, 0.15) is 36.6 Å². The molecular formula is C16H21N3O3. The molecule has 1 aliphatic rings. The zero-order chi connectivity index (χ0) is 15.4. The number of hydrogen-bond donors (Lipinski definition) is 1. The molecule has 1 heterocycles. The number of aromatic nitrogens is 3. The van der Waals surface area contributed by atoms with Gasteiger partial charge in [-0.15, -0.1) is 5.10 Å². The van der Waals surface area contributed by atoms with Gasteiger partial charge in [0.25, 0.3) is 0 Å². The van der Waals surface area contributed by atoms with Gasteiger partial charge in [0.2, 0.25) is 0 Å². The third-order valence-electron chi connectivity index (χ3n) is 4.12. The topological polar surface area (TPSA) is 69.4 Å². The van der Waals surface area contributed by atoms with Crippen LogP contribution in [0.5, 0.6) is 11.5 Å². The SMILES string of the molecule is COc1ccc(OCCn2nnc(CO)c2C2CCC2)cc1. The van der Waals surface area contributed by atoms with Gasteiger partial charge in [-0.1, -0.05) is 11.6 Å². The highest BCUT2D eigenvalue weighted by Crippen LogP contribution is 2.37. The third kappa shape index (κ3) is 3.06. The summed E-state index contributed by atoms with van der Waals surface area (Å²) in [6.45, 7) is 1.09. The second-order valence-corrected chi connectivity index (χ2v) is 5.45. The van der Waals surface area contributed by atoms with Crippen molar-refractivity contribution < 1.29 is 14.6 Å². The molecule has 0 atom stereocenters. The minimum atomic E-state index is -0.0504. The number of hydrogen-bond acceptors (Lipinski definition) is 5. The van der Waals surface area contributed by atoms with Crippen LogP contribution >= 0.6 is 0 Å². The number of rotatable bonds is 7. The zero-order valence-electron chi connectivity index (χ0n) is 12.7. The number of aliphatic hydroxyl groups is 1. The molecule has 6 nitrogen and oxygen atoms in total. The summed E-state index contributed by atoms with van der Waals surface area (Å²) >= 11 is 0. The first-order valence-corrected chi connectivity index (χ1v) is 7.61. The lowest BCUT2D eigenvalue weighted by molar-refractivity contribution is 0.267. The van der Waals surface area contributed by atoms with Crippen LogP contribution in [0, 0.1) is 0 Å². The molecule has 2 aromatic rings. The van der Waals surface area contributed by atoms with Crippen LogP contribution in [-0.2, 0) is 13.2 Å². The van der Waals surface area contributed by atoms with Gasteiger partial charge in [0.05, 0.1) is 26.0 Å². The Hall–Kier alpha value is -2.08. The van der Waals surface area contributed by atoms with E-state index in [9.17, 15) is 5.11 Å². The van der Waals surface area contributed by atoms with Crippen molar-refractivity contribution >= 4 is 0 Å². The maximum Gasteiger partial charge on any atom is 0.119 e. The molecule has 0 bridgehead atoms. The molecule has 0 unspecified atom stereocenters. The molecule has 118 valence electrons. The van der Waals surface area contributed by atoms with Crippen molar-refractivity contribution in [3.8, 4) is 11.5 Å². The maximum absolute atomic E-state index is 9.39. The molecule has 3 rings (SSSR count). The van der Waals surface area contributed by atoms with Crippen molar-refractivity contribution in [2.75, 3.05) is 13.7 Å². The second-order valence-electron chi connectivity index (χ2n) is 5.45. The van der Waals surface area contributed by atoms with Crippen molar-refractivity contribution in [2.45, 2.75) is 38.3 Å². The van der Waals surface area contributed by atoms with E-state index in [1.807, 2.05) is 28.9 Å². The molecule has 0 saturated heterocycles. The van der Waals surface area contributed by atoms with Gasteiger partial charge in [-0.2, -0.15) is 0 Å². The predicted octanol–water partition coefficient (Wildman–Crippen LogP) is 2.13. The van der Waals surface area contributed by atoms with E-state index in [1.54, 1.807) is 7.11 Å². The molecule has 22 heavy (non-hydrogen) atoms. The Kier molecular flexibility index (Phi) is 4.58. The van der Waals surface area contributed by atoms with E-state index in [0.717, 1.165) is 30.0 Å². The van der Waals surface area contributed by atoms with Gasteiger partial charge in [0, 0.05) is 5.92 Å². The van der Waals surface area contributed by atoms with Gasteiger partial charge in [-0.05, 0) is 37.1 Å². The summed E-state index contributed by atoms with van der Waals surface area (Å²) in [5, 5.41) is 17.6. The van der Waals surface area contributed by atoms with Crippen LogP contribution in [0.15, 0.2) is 24.3 Å². The van der Waals surface area contributed by atoms with E-state index in [2.05, 4.69) is 10.3 Å². The number of benzene rings is 1. The number of aliphatic hydroxyl groups excluding tert-OH is 1. The summed E-state index contributed by atoms with van der Waals surface area (Å²) in [5.41, 5.74) is 1.78. The zero-order valence-corrected chi connectivity index (χ0v) is 12.7. The first-order chi connectivity index (χ1) is 10.8. The lowest BCUT2D eigenvalue weighted by Gasteiger charge is -2.26. The molecule has 1 N–H and O–H groups in total. The number of nitrogens with zero attached hydrogens (tertiary/aromatic N) is 3. The highest BCUT2D eigenvalue weighted by Gasteiger charge is 2.27. The summed E-state index contributed by atoms with van der Waals surface area (Å²) in [6, 6.07) is 7.50. The Morgan fingerprint density at radius 1 is 1.23 bits per heavy atom. The smallest absolute Gasteiger partial charge is 0.119 e. The fraction of sp³-hybridized carbons (Fsp3) is 0.500. The fourth-order valence-electron chi connectivity index (χ4n) is 2.68.